The van der Waals surface area contributed by atoms with Crippen molar-refractivity contribution in [3.8, 4) is 23.0 Å². The average molecular weight is 581 g/mol. The lowest BCUT2D eigenvalue weighted by Gasteiger charge is -2.57. The van der Waals surface area contributed by atoms with Crippen LogP contribution in [0.1, 0.15) is 69.9 Å². The Bertz CT molecular complexity index is 1690. The molecule has 1 spiro atoms. The Morgan fingerprint density at radius 3 is 2.10 bits per heavy atom. The first-order valence-corrected chi connectivity index (χ1v) is 13.6. The van der Waals surface area contributed by atoms with E-state index >= 15 is 0 Å². The number of phenolic OH excluding ortho intramolecular Hbond substituents is 3. The predicted octanol–water partition coefficient (Wildman–Crippen LogP) is 0.995. The molecule has 12 nitrogen and oxygen atoms in total. The monoisotopic (exact) mass is 580 g/mol. The Morgan fingerprint density at radius 1 is 0.762 bits per heavy atom. The van der Waals surface area contributed by atoms with E-state index in [1.807, 2.05) is 0 Å². The van der Waals surface area contributed by atoms with E-state index < -0.39 is 105 Å². The fraction of sp³-hybridized carbons (Fsp3) is 0.433. The molecule has 0 saturated carbocycles. The first kappa shape index (κ1) is 27.0. The number of aliphatic hydroxyl groups excluding tert-OH is 2. The van der Waals surface area contributed by atoms with E-state index in [9.17, 15) is 45.0 Å². The first-order chi connectivity index (χ1) is 19.7. The van der Waals surface area contributed by atoms with E-state index in [4.69, 9.17) is 14.2 Å². The number of aliphatic hydroxyl groups is 3. The smallest absolute Gasteiger partial charge is 0.196 e. The Labute approximate surface area is 238 Å². The molecule has 12 heteroatoms. The van der Waals surface area contributed by atoms with Gasteiger partial charge in [-0.3, -0.25) is 14.4 Å². The highest BCUT2D eigenvalue weighted by atomic mass is 16.6. The molecule has 0 bridgehead atoms. The number of fused-ring (bicyclic) bond motifs is 6. The second-order valence-electron chi connectivity index (χ2n) is 11.8. The van der Waals surface area contributed by atoms with Crippen LogP contribution in [0.2, 0.25) is 0 Å². The topological polar surface area (TPSA) is 200 Å². The largest absolute Gasteiger partial charge is 0.508 e. The molecule has 0 aromatic heterocycles. The summed E-state index contributed by atoms with van der Waals surface area (Å²) in [4.78, 5) is 42.3. The van der Waals surface area contributed by atoms with Gasteiger partial charge in [-0.2, -0.15) is 0 Å². The van der Waals surface area contributed by atoms with Gasteiger partial charge >= 0.3 is 0 Å². The van der Waals surface area contributed by atoms with Crippen LogP contribution >= 0.6 is 0 Å². The summed E-state index contributed by atoms with van der Waals surface area (Å²) in [7, 11) is 0. The van der Waals surface area contributed by atoms with Gasteiger partial charge in [0.1, 0.15) is 35.2 Å². The van der Waals surface area contributed by atoms with Crippen molar-refractivity contribution < 1.29 is 59.2 Å². The van der Waals surface area contributed by atoms with Gasteiger partial charge < -0.3 is 44.8 Å². The Morgan fingerprint density at radius 2 is 1.40 bits per heavy atom. The highest BCUT2D eigenvalue weighted by Crippen LogP contribution is 2.65. The molecule has 2 aromatic carbocycles. The molecule has 220 valence electrons. The van der Waals surface area contributed by atoms with Crippen LogP contribution in [0, 0.1) is 5.92 Å². The molecule has 0 amide bonds. The Kier molecular flexibility index (Phi) is 5.26. The third-order valence-electron chi connectivity index (χ3n) is 9.54. The summed E-state index contributed by atoms with van der Waals surface area (Å²) in [6, 6.07) is 2.95. The molecule has 2 aromatic rings. The van der Waals surface area contributed by atoms with Crippen molar-refractivity contribution in [2.75, 3.05) is 0 Å². The first-order valence-electron chi connectivity index (χ1n) is 13.6. The summed E-state index contributed by atoms with van der Waals surface area (Å²) in [6.07, 6.45) is -7.06. The maximum atomic E-state index is 14.3. The van der Waals surface area contributed by atoms with Gasteiger partial charge in [0.05, 0.1) is 41.5 Å². The quantitative estimate of drug-likeness (QED) is 0.259. The summed E-state index contributed by atoms with van der Waals surface area (Å²) < 4.78 is 17.8. The number of hydrogen-bond acceptors (Lipinski definition) is 12. The van der Waals surface area contributed by atoms with Gasteiger partial charge in [-0.25, -0.2) is 0 Å². The number of rotatable bonds is 0. The summed E-state index contributed by atoms with van der Waals surface area (Å²) in [6.45, 7) is 6.09. The Hall–Kier alpha value is -3.81. The lowest BCUT2D eigenvalue weighted by Crippen LogP contribution is -2.75. The van der Waals surface area contributed by atoms with E-state index in [0.717, 1.165) is 18.2 Å². The highest BCUT2D eigenvalue weighted by molar-refractivity contribution is 6.30. The lowest BCUT2D eigenvalue weighted by atomic mass is 9.55. The SMILES string of the molecule is C[C@H]1O[C@H](C)C(O)C2=C1C(=O)c1c(O)cc3c(c1C2=O)[C@@]1(O)c2cc(O)cc(O)c2C(=O)[C@H]2[C@@H](C)O[C@H](C)[C@@H](O)[C@@]21O3. The summed E-state index contributed by atoms with van der Waals surface area (Å²) >= 11 is 0. The molecule has 1 saturated heterocycles. The molecule has 3 heterocycles. The van der Waals surface area contributed by atoms with Crippen molar-refractivity contribution in [1.82, 2.24) is 0 Å². The minimum atomic E-state index is -2.66. The lowest BCUT2D eigenvalue weighted by molar-refractivity contribution is -0.263. The molecular weight excluding hydrogens is 552 g/mol. The fourth-order valence-electron chi connectivity index (χ4n) is 7.90. The zero-order valence-corrected chi connectivity index (χ0v) is 22.9. The molecule has 1 fully saturated rings. The van der Waals surface area contributed by atoms with Crippen LogP contribution in [0.4, 0.5) is 0 Å². The van der Waals surface area contributed by atoms with Crippen LogP contribution in [0.3, 0.4) is 0 Å². The van der Waals surface area contributed by atoms with Crippen LogP contribution in [-0.4, -0.2) is 90.2 Å². The molecule has 2 aliphatic carbocycles. The van der Waals surface area contributed by atoms with Gasteiger partial charge in [0, 0.05) is 40.0 Å². The second kappa shape index (κ2) is 8.17. The van der Waals surface area contributed by atoms with Crippen molar-refractivity contribution in [2.45, 2.75) is 75.5 Å². The standard InChI is InChI=1S/C30H28O12/c1-8-17-21(24(34)10(3)40-8)26(36)20-19(25(17)35)15(33)7-16-23(20)29(39)13-5-12(31)6-14(32)18(13)27(37)22-9(2)41-11(4)28(38)30(22,29)42-16/h5-11,22,24,28,31-34,38-39H,1-4H3/t8-,9-,10-,11-,22-,24?,28-,29+,30+/m1/s1. The van der Waals surface area contributed by atoms with Crippen LogP contribution < -0.4 is 4.74 Å². The predicted molar refractivity (Wildman–Crippen MR) is 140 cm³/mol. The van der Waals surface area contributed by atoms with Gasteiger partial charge in [-0.15, -0.1) is 0 Å². The molecule has 0 radical (unpaired) electrons. The van der Waals surface area contributed by atoms with Crippen molar-refractivity contribution >= 4 is 17.3 Å². The van der Waals surface area contributed by atoms with Gasteiger partial charge in [0.2, 0.25) is 0 Å². The molecule has 7 rings (SSSR count). The van der Waals surface area contributed by atoms with Crippen molar-refractivity contribution in [1.29, 1.82) is 0 Å². The van der Waals surface area contributed by atoms with Crippen molar-refractivity contribution in [3.05, 3.63) is 57.2 Å². The number of carbonyl (C=O) groups is 3. The molecular formula is C30H28O12. The summed E-state index contributed by atoms with van der Waals surface area (Å²) in [5.74, 6) is -6.12. The van der Waals surface area contributed by atoms with E-state index in [1.165, 1.54) is 27.7 Å². The summed E-state index contributed by atoms with van der Waals surface area (Å²) in [5.41, 5.74) is -7.45. The minimum absolute atomic E-state index is 0.144. The molecule has 6 N–H and O–H groups in total. The molecule has 3 aliphatic heterocycles. The van der Waals surface area contributed by atoms with E-state index in [0.29, 0.717) is 0 Å². The number of ketones is 3. The van der Waals surface area contributed by atoms with Crippen LogP contribution in [0.25, 0.3) is 0 Å². The van der Waals surface area contributed by atoms with Gasteiger partial charge in [-0.05, 0) is 33.8 Å². The van der Waals surface area contributed by atoms with E-state index in [-0.39, 0.29) is 28.0 Å². The number of carbonyl (C=O) groups excluding carboxylic acids is 3. The van der Waals surface area contributed by atoms with Crippen LogP contribution in [0.15, 0.2) is 29.3 Å². The number of ether oxygens (including phenoxy) is 3. The molecule has 9 atom stereocenters. The van der Waals surface area contributed by atoms with Crippen LogP contribution in [0.5, 0.6) is 23.0 Å². The molecule has 42 heavy (non-hydrogen) atoms. The third-order valence-corrected chi connectivity index (χ3v) is 9.54. The van der Waals surface area contributed by atoms with Gasteiger partial charge in [0.25, 0.3) is 0 Å². The fourth-order valence-corrected chi connectivity index (χ4v) is 7.90. The molecule has 5 aliphatic rings. The Balaban J connectivity index is 1.63. The number of Topliss-reactive ketones (excluding diaryl/α,β-unsaturated/α-hetero) is 3. The number of benzene rings is 2. The van der Waals surface area contributed by atoms with Crippen molar-refractivity contribution in [2.24, 2.45) is 5.92 Å². The second-order valence-corrected chi connectivity index (χ2v) is 11.8. The van der Waals surface area contributed by atoms with Crippen molar-refractivity contribution in [3.63, 3.8) is 0 Å². The van der Waals surface area contributed by atoms with E-state index in [1.54, 1.807) is 0 Å². The number of aromatic hydroxyl groups is 3. The zero-order chi connectivity index (χ0) is 30.4. The number of hydrogen-bond donors (Lipinski definition) is 6. The maximum Gasteiger partial charge on any atom is 0.196 e. The van der Waals surface area contributed by atoms with Crippen LogP contribution in [-0.2, 0) is 15.1 Å². The maximum absolute atomic E-state index is 14.3. The highest BCUT2D eigenvalue weighted by Gasteiger charge is 2.77. The average Bonchev–Trinajstić information content (AvgIpc) is 3.16. The summed E-state index contributed by atoms with van der Waals surface area (Å²) in [5, 5.41) is 68.2. The van der Waals surface area contributed by atoms with Gasteiger partial charge in [0.15, 0.2) is 28.6 Å². The zero-order valence-electron chi connectivity index (χ0n) is 22.9. The number of phenols is 3. The van der Waals surface area contributed by atoms with E-state index in [2.05, 4.69) is 0 Å². The third kappa shape index (κ3) is 2.81. The van der Waals surface area contributed by atoms with Gasteiger partial charge in [-0.1, -0.05) is 0 Å². The molecule has 1 unspecified atom stereocenters. The minimum Gasteiger partial charge on any atom is -0.508 e. The normalized spacial score (nSPS) is 38.2.